The number of ether oxygens (including phenoxy) is 1. The summed E-state index contributed by atoms with van der Waals surface area (Å²) in [4.78, 5) is 0. The first-order valence-electron chi connectivity index (χ1n) is 7.31. The van der Waals surface area contributed by atoms with Gasteiger partial charge >= 0.3 is 0 Å². The molecule has 0 aromatic heterocycles. The van der Waals surface area contributed by atoms with Crippen molar-refractivity contribution in [3.63, 3.8) is 0 Å². The van der Waals surface area contributed by atoms with Crippen molar-refractivity contribution in [2.24, 2.45) is 0 Å². The SMILES string of the molecule is COc1cc(Cl)ccc1C(O)c1ccccc1C1CCC1. The van der Waals surface area contributed by atoms with Gasteiger partial charge in [-0.15, -0.1) is 0 Å². The molecule has 1 N–H and O–H groups in total. The van der Waals surface area contributed by atoms with Crippen LogP contribution in [0.4, 0.5) is 0 Å². The zero-order valence-corrected chi connectivity index (χ0v) is 12.8. The minimum absolute atomic E-state index is 0.578. The number of benzene rings is 2. The van der Waals surface area contributed by atoms with Crippen molar-refractivity contribution in [1.29, 1.82) is 0 Å². The van der Waals surface area contributed by atoms with Crippen molar-refractivity contribution < 1.29 is 9.84 Å². The maximum atomic E-state index is 10.8. The average molecular weight is 303 g/mol. The van der Waals surface area contributed by atoms with E-state index in [0.717, 1.165) is 11.1 Å². The second-order valence-corrected chi connectivity index (χ2v) is 5.98. The molecule has 1 fully saturated rings. The molecule has 0 amide bonds. The summed E-state index contributed by atoms with van der Waals surface area (Å²) in [6, 6.07) is 13.5. The highest BCUT2D eigenvalue weighted by molar-refractivity contribution is 6.30. The summed E-state index contributed by atoms with van der Waals surface area (Å²) in [5, 5.41) is 11.4. The second kappa shape index (κ2) is 6.08. The lowest BCUT2D eigenvalue weighted by Crippen LogP contribution is -2.14. The van der Waals surface area contributed by atoms with Gasteiger partial charge in [0.2, 0.25) is 0 Å². The molecule has 1 atom stereocenters. The van der Waals surface area contributed by atoms with Crippen LogP contribution in [0, 0.1) is 0 Å². The van der Waals surface area contributed by atoms with Gasteiger partial charge in [0, 0.05) is 10.6 Å². The van der Waals surface area contributed by atoms with E-state index >= 15 is 0 Å². The molecule has 3 rings (SSSR count). The number of rotatable bonds is 4. The van der Waals surface area contributed by atoms with Crippen molar-refractivity contribution in [2.75, 3.05) is 7.11 Å². The van der Waals surface area contributed by atoms with E-state index < -0.39 is 6.10 Å². The van der Waals surface area contributed by atoms with Crippen LogP contribution in [0.3, 0.4) is 0 Å². The fourth-order valence-electron chi connectivity index (χ4n) is 2.93. The third-order valence-corrected chi connectivity index (χ3v) is 4.56. The van der Waals surface area contributed by atoms with Crippen LogP contribution in [0.25, 0.3) is 0 Å². The third kappa shape index (κ3) is 2.78. The van der Waals surface area contributed by atoms with Crippen LogP contribution in [-0.2, 0) is 0 Å². The number of aliphatic hydroxyl groups is 1. The number of hydrogen-bond acceptors (Lipinski definition) is 2. The summed E-state index contributed by atoms with van der Waals surface area (Å²) in [6.07, 6.45) is 3.01. The Kier molecular flexibility index (Phi) is 4.18. The van der Waals surface area contributed by atoms with Crippen molar-refractivity contribution in [1.82, 2.24) is 0 Å². The molecule has 0 aliphatic heterocycles. The number of halogens is 1. The van der Waals surface area contributed by atoms with Gasteiger partial charge < -0.3 is 9.84 Å². The van der Waals surface area contributed by atoms with Gasteiger partial charge in [-0.25, -0.2) is 0 Å². The van der Waals surface area contributed by atoms with Crippen LogP contribution in [0.15, 0.2) is 42.5 Å². The smallest absolute Gasteiger partial charge is 0.126 e. The third-order valence-electron chi connectivity index (χ3n) is 4.33. The lowest BCUT2D eigenvalue weighted by atomic mass is 9.77. The predicted molar refractivity (Wildman–Crippen MR) is 85.1 cm³/mol. The molecule has 1 saturated carbocycles. The van der Waals surface area contributed by atoms with E-state index in [0.29, 0.717) is 16.7 Å². The maximum Gasteiger partial charge on any atom is 0.126 e. The van der Waals surface area contributed by atoms with Crippen LogP contribution in [0.1, 0.15) is 48.0 Å². The lowest BCUT2D eigenvalue weighted by molar-refractivity contribution is 0.211. The highest BCUT2D eigenvalue weighted by Gasteiger charge is 2.26. The van der Waals surface area contributed by atoms with Crippen LogP contribution in [-0.4, -0.2) is 12.2 Å². The highest BCUT2D eigenvalue weighted by Crippen LogP contribution is 2.41. The van der Waals surface area contributed by atoms with Gasteiger partial charge in [0.05, 0.1) is 7.11 Å². The van der Waals surface area contributed by atoms with Crippen molar-refractivity contribution >= 4 is 11.6 Å². The van der Waals surface area contributed by atoms with E-state index in [2.05, 4.69) is 6.07 Å². The van der Waals surface area contributed by atoms with E-state index in [1.165, 1.54) is 24.8 Å². The van der Waals surface area contributed by atoms with E-state index in [4.69, 9.17) is 16.3 Å². The zero-order valence-electron chi connectivity index (χ0n) is 12.1. The van der Waals surface area contributed by atoms with E-state index in [1.54, 1.807) is 19.2 Å². The van der Waals surface area contributed by atoms with Crippen LogP contribution < -0.4 is 4.74 Å². The maximum absolute atomic E-state index is 10.8. The monoisotopic (exact) mass is 302 g/mol. The Morgan fingerprint density at radius 1 is 1.14 bits per heavy atom. The summed E-state index contributed by atoms with van der Waals surface area (Å²) < 4.78 is 5.37. The molecule has 0 saturated heterocycles. The average Bonchev–Trinajstić information content (AvgIpc) is 2.45. The Labute approximate surface area is 130 Å². The summed E-state index contributed by atoms with van der Waals surface area (Å²) in [6.45, 7) is 0. The summed E-state index contributed by atoms with van der Waals surface area (Å²) >= 11 is 6.00. The number of aliphatic hydroxyl groups excluding tert-OH is 1. The molecule has 0 heterocycles. The molecule has 0 spiro atoms. The van der Waals surface area contributed by atoms with Gasteiger partial charge in [0.15, 0.2) is 0 Å². The molecule has 2 nitrogen and oxygen atoms in total. The van der Waals surface area contributed by atoms with Crippen LogP contribution in [0.5, 0.6) is 5.75 Å². The minimum Gasteiger partial charge on any atom is -0.496 e. The Morgan fingerprint density at radius 3 is 2.57 bits per heavy atom. The molecule has 0 radical (unpaired) electrons. The van der Waals surface area contributed by atoms with Crippen molar-refractivity contribution in [3.8, 4) is 5.75 Å². The molecule has 3 heteroatoms. The number of hydrogen-bond donors (Lipinski definition) is 1. The minimum atomic E-state index is -0.686. The zero-order chi connectivity index (χ0) is 14.8. The summed E-state index contributed by atoms with van der Waals surface area (Å²) in [7, 11) is 1.60. The first-order valence-corrected chi connectivity index (χ1v) is 7.69. The molecule has 110 valence electrons. The molecular weight excluding hydrogens is 284 g/mol. The fourth-order valence-corrected chi connectivity index (χ4v) is 3.09. The van der Waals surface area contributed by atoms with Gasteiger partial charge in [0.1, 0.15) is 11.9 Å². The van der Waals surface area contributed by atoms with E-state index in [-0.39, 0.29) is 0 Å². The van der Waals surface area contributed by atoms with Gasteiger partial charge in [-0.05, 0) is 42.0 Å². The van der Waals surface area contributed by atoms with Crippen molar-refractivity contribution in [3.05, 3.63) is 64.2 Å². The predicted octanol–water partition coefficient (Wildman–Crippen LogP) is 4.70. The molecule has 2 aromatic rings. The first-order chi connectivity index (χ1) is 10.2. The normalized spacial score (nSPS) is 16.3. The Hall–Kier alpha value is -1.51. The highest BCUT2D eigenvalue weighted by atomic mass is 35.5. The van der Waals surface area contributed by atoms with Gasteiger partial charge in [-0.2, -0.15) is 0 Å². The first kappa shape index (κ1) is 14.4. The fraction of sp³-hybridized carbons (Fsp3) is 0.333. The van der Waals surface area contributed by atoms with Gasteiger partial charge in [-0.1, -0.05) is 48.4 Å². The molecule has 1 aliphatic carbocycles. The van der Waals surface area contributed by atoms with E-state index in [1.807, 2.05) is 24.3 Å². The second-order valence-electron chi connectivity index (χ2n) is 5.55. The Bertz CT molecular complexity index is 635. The summed E-state index contributed by atoms with van der Waals surface area (Å²) in [5.74, 6) is 1.20. The van der Waals surface area contributed by atoms with E-state index in [9.17, 15) is 5.11 Å². The molecule has 1 aliphatic rings. The molecule has 2 aromatic carbocycles. The standard InChI is InChI=1S/C18H19ClO2/c1-21-17-11-13(19)9-10-16(17)18(20)15-8-3-2-7-14(15)12-5-4-6-12/h2-3,7-12,18,20H,4-6H2,1H3. The van der Waals surface area contributed by atoms with Gasteiger partial charge in [0.25, 0.3) is 0 Å². The number of methoxy groups -OCH3 is 1. The largest absolute Gasteiger partial charge is 0.496 e. The van der Waals surface area contributed by atoms with Crippen LogP contribution in [0.2, 0.25) is 5.02 Å². The Balaban J connectivity index is 2.00. The molecule has 0 bridgehead atoms. The topological polar surface area (TPSA) is 29.5 Å². The lowest BCUT2D eigenvalue weighted by Gasteiger charge is -2.29. The quantitative estimate of drug-likeness (QED) is 0.887. The van der Waals surface area contributed by atoms with Crippen molar-refractivity contribution in [2.45, 2.75) is 31.3 Å². The molecule has 21 heavy (non-hydrogen) atoms. The van der Waals surface area contributed by atoms with Crippen LogP contribution >= 0.6 is 11.6 Å². The Morgan fingerprint density at radius 2 is 1.90 bits per heavy atom. The molecular formula is C18H19ClO2. The summed E-state index contributed by atoms with van der Waals surface area (Å²) in [5.41, 5.74) is 2.99. The molecule has 1 unspecified atom stereocenters. The van der Waals surface area contributed by atoms with Gasteiger partial charge in [-0.3, -0.25) is 0 Å².